The standard InChI is InChI=1S/C11H14O2/c12-9-5-4-8-11(13)10-6-2-1-3-7-10/h1-7,11-13H,8-9H2/b5-4-/t11-/m1/s1. The smallest absolute Gasteiger partial charge is 0.0824 e. The fraction of sp³-hybridized carbons (Fsp3) is 0.273. The molecule has 0 bridgehead atoms. The molecule has 0 heterocycles. The van der Waals surface area contributed by atoms with E-state index < -0.39 is 6.10 Å². The lowest BCUT2D eigenvalue weighted by atomic mass is 10.1. The predicted molar refractivity (Wildman–Crippen MR) is 52.2 cm³/mol. The highest BCUT2D eigenvalue weighted by Gasteiger charge is 2.02. The van der Waals surface area contributed by atoms with E-state index in [-0.39, 0.29) is 6.61 Å². The van der Waals surface area contributed by atoms with Gasteiger partial charge >= 0.3 is 0 Å². The van der Waals surface area contributed by atoms with Gasteiger partial charge in [0.1, 0.15) is 0 Å². The van der Waals surface area contributed by atoms with Gasteiger partial charge in [-0.2, -0.15) is 0 Å². The molecular formula is C11H14O2. The summed E-state index contributed by atoms with van der Waals surface area (Å²) < 4.78 is 0. The molecule has 1 atom stereocenters. The first kappa shape index (κ1) is 9.96. The van der Waals surface area contributed by atoms with Gasteiger partial charge in [-0.3, -0.25) is 0 Å². The summed E-state index contributed by atoms with van der Waals surface area (Å²) >= 11 is 0. The highest BCUT2D eigenvalue weighted by molar-refractivity contribution is 5.17. The van der Waals surface area contributed by atoms with Gasteiger partial charge in [-0.1, -0.05) is 42.5 Å². The van der Waals surface area contributed by atoms with Crippen LogP contribution in [0.25, 0.3) is 0 Å². The maximum absolute atomic E-state index is 9.61. The fourth-order valence-corrected chi connectivity index (χ4v) is 1.11. The Labute approximate surface area is 78.2 Å². The molecule has 0 unspecified atom stereocenters. The van der Waals surface area contributed by atoms with Crippen LogP contribution < -0.4 is 0 Å². The second-order valence-electron chi connectivity index (χ2n) is 2.82. The summed E-state index contributed by atoms with van der Waals surface area (Å²) in [6.45, 7) is 0.0293. The molecule has 0 fully saturated rings. The number of rotatable bonds is 4. The normalized spacial score (nSPS) is 13.4. The van der Waals surface area contributed by atoms with Crippen molar-refractivity contribution < 1.29 is 10.2 Å². The van der Waals surface area contributed by atoms with Gasteiger partial charge < -0.3 is 10.2 Å². The second-order valence-corrected chi connectivity index (χ2v) is 2.82. The molecule has 13 heavy (non-hydrogen) atoms. The Morgan fingerprint density at radius 1 is 1.15 bits per heavy atom. The summed E-state index contributed by atoms with van der Waals surface area (Å²) in [5, 5.41) is 18.1. The molecule has 2 nitrogen and oxygen atoms in total. The van der Waals surface area contributed by atoms with Crippen LogP contribution in [0, 0.1) is 0 Å². The third kappa shape index (κ3) is 3.40. The van der Waals surface area contributed by atoms with Crippen LogP contribution in [-0.4, -0.2) is 16.8 Å². The third-order valence-corrected chi connectivity index (χ3v) is 1.82. The monoisotopic (exact) mass is 178 g/mol. The Bertz CT molecular complexity index is 254. The fourth-order valence-electron chi connectivity index (χ4n) is 1.11. The van der Waals surface area contributed by atoms with E-state index in [0.717, 1.165) is 5.56 Å². The zero-order chi connectivity index (χ0) is 9.52. The van der Waals surface area contributed by atoms with Gasteiger partial charge in [-0.25, -0.2) is 0 Å². The van der Waals surface area contributed by atoms with E-state index >= 15 is 0 Å². The summed E-state index contributed by atoms with van der Waals surface area (Å²) in [6.07, 6.45) is 3.48. The Kier molecular flexibility index (Phi) is 4.23. The minimum Gasteiger partial charge on any atom is -0.392 e. The minimum absolute atomic E-state index is 0.0293. The molecular weight excluding hydrogens is 164 g/mol. The number of aliphatic hydroxyl groups excluding tert-OH is 2. The van der Waals surface area contributed by atoms with E-state index in [4.69, 9.17) is 5.11 Å². The Hall–Kier alpha value is -1.12. The van der Waals surface area contributed by atoms with Crippen LogP contribution in [0.4, 0.5) is 0 Å². The molecule has 0 saturated heterocycles. The Morgan fingerprint density at radius 3 is 2.46 bits per heavy atom. The van der Waals surface area contributed by atoms with Crippen molar-refractivity contribution in [3.8, 4) is 0 Å². The molecule has 0 radical (unpaired) electrons. The van der Waals surface area contributed by atoms with Gasteiger partial charge in [0.2, 0.25) is 0 Å². The van der Waals surface area contributed by atoms with Gasteiger partial charge in [-0.05, 0) is 12.0 Å². The lowest BCUT2D eigenvalue weighted by Gasteiger charge is -2.06. The van der Waals surface area contributed by atoms with E-state index in [1.165, 1.54) is 0 Å². The SMILES string of the molecule is OC/C=C\C[C@@H](O)c1ccccc1. The van der Waals surface area contributed by atoms with Crippen LogP contribution >= 0.6 is 0 Å². The van der Waals surface area contributed by atoms with Crippen LogP contribution in [0.2, 0.25) is 0 Å². The zero-order valence-corrected chi connectivity index (χ0v) is 7.43. The van der Waals surface area contributed by atoms with Crippen molar-refractivity contribution >= 4 is 0 Å². The number of benzene rings is 1. The molecule has 2 N–H and O–H groups in total. The van der Waals surface area contributed by atoms with E-state index in [2.05, 4.69) is 0 Å². The van der Waals surface area contributed by atoms with Gasteiger partial charge in [-0.15, -0.1) is 0 Å². The second kappa shape index (κ2) is 5.51. The van der Waals surface area contributed by atoms with E-state index in [9.17, 15) is 5.11 Å². The molecule has 0 aliphatic carbocycles. The molecule has 2 heteroatoms. The molecule has 0 saturated carbocycles. The molecule has 0 aliphatic rings. The predicted octanol–water partition coefficient (Wildman–Crippen LogP) is 1.66. The van der Waals surface area contributed by atoms with Gasteiger partial charge in [0, 0.05) is 0 Å². The highest BCUT2D eigenvalue weighted by atomic mass is 16.3. The quantitative estimate of drug-likeness (QED) is 0.688. The van der Waals surface area contributed by atoms with Crippen molar-refractivity contribution in [2.75, 3.05) is 6.61 Å². The van der Waals surface area contributed by atoms with Crippen LogP contribution in [0.1, 0.15) is 18.1 Å². The molecule has 1 rings (SSSR count). The average molecular weight is 178 g/mol. The minimum atomic E-state index is -0.469. The summed E-state index contributed by atoms with van der Waals surface area (Å²) in [7, 11) is 0. The molecule has 0 aromatic heterocycles. The summed E-state index contributed by atoms with van der Waals surface area (Å²) in [4.78, 5) is 0. The van der Waals surface area contributed by atoms with Crippen molar-refractivity contribution in [2.24, 2.45) is 0 Å². The van der Waals surface area contributed by atoms with Crippen molar-refractivity contribution in [1.29, 1.82) is 0 Å². The molecule has 0 aliphatic heterocycles. The summed E-state index contributed by atoms with van der Waals surface area (Å²) in [5.74, 6) is 0. The third-order valence-electron chi connectivity index (χ3n) is 1.82. The van der Waals surface area contributed by atoms with E-state index in [1.54, 1.807) is 12.2 Å². The van der Waals surface area contributed by atoms with Gasteiger partial charge in [0.25, 0.3) is 0 Å². The number of hydrogen-bond acceptors (Lipinski definition) is 2. The first-order valence-corrected chi connectivity index (χ1v) is 4.33. The van der Waals surface area contributed by atoms with Crippen LogP contribution in [0.5, 0.6) is 0 Å². The summed E-state index contributed by atoms with van der Waals surface area (Å²) in [6, 6.07) is 9.48. The maximum atomic E-state index is 9.61. The summed E-state index contributed by atoms with van der Waals surface area (Å²) in [5.41, 5.74) is 0.907. The first-order valence-electron chi connectivity index (χ1n) is 4.33. The zero-order valence-electron chi connectivity index (χ0n) is 7.43. The van der Waals surface area contributed by atoms with Crippen LogP contribution in [-0.2, 0) is 0 Å². The number of aliphatic hydroxyl groups is 2. The average Bonchev–Trinajstić information content (AvgIpc) is 2.19. The largest absolute Gasteiger partial charge is 0.392 e. The molecule has 70 valence electrons. The van der Waals surface area contributed by atoms with E-state index in [1.807, 2.05) is 30.3 Å². The van der Waals surface area contributed by atoms with Crippen molar-refractivity contribution in [3.05, 3.63) is 48.0 Å². The van der Waals surface area contributed by atoms with Crippen molar-refractivity contribution in [1.82, 2.24) is 0 Å². The molecule has 1 aromatic carbocycles. The lowest BCUT2D eigenvalue weighted by Crippen LogP contribution is -1.94. The molecule has 0 spiro atoms. The first-order chi connectivity index (χ1) is 6.34. The highest BCUT2D eigenvalue weighted by Crippen LogP contribution is 2.15. The van der Waals surface area contributed by atoms with Crippen molar-refractivity contribution in [2.45, 2.75) is 12.5 Å². The van der Waals surface area contributed by atoms with Gasteiger partial charge in [0.15, 0.2) is 0 Å². The van der Waals surface area contributed by atoms with Crippen molar-refractivity contribution in [3.63, 3.8) is 0 Å². The lowest BCUT2D eigenvalue weighted by molar-refractivity contribution is 0.181. The topological polar surface area (TPSA) is 40.5 Å². The Morgan fingerprint density at radius 2 is 1.85 bits per heavy atom. The molecule has 1 aromatic rings. The van der Waals surface area contributed by atoms with Crippen LogP contribution in [0.3, 0.4) is 0 Å². The Balaban J connectivity index is 2.49. The maximum Gasteiger partial charge on any atom is 0.0824 e. The van der Waals surface area contributed by atoms with Gasteiger partial charge in [0.05, 0.1) is 12.7 Å². The van der Waals surface area contributed by atoms with E-state index in [0.29, 0.717) is 6.42 Å². The number of hydrogen-bond donors (Lipinski definition) is 2. The molecule has 0 amide bonds. The van der Waals surface area contributed by atoms with Crippen LogP contribution in [0.15, 0.2) is 42.5 Å².